The quantitative estimate of drug-likeness (QED) is 0.522. The van der Waals surface area contributed by atoms with Crippen molar-refractivity contribution in [3.8, 4) is 5.75 Å². The molecule has 1 aromatic carbocycles. The number of ether oxygens (including phenoxy) is 1. The number of nitrogens with one attached hydrogen (secondary N) is 1. The Kier molecular flexibility index (Phi) is 7.91. The molecule has 1 saturated heterocycles. The highest BCUT2D eigenvalue weighted by atomic mass is 32.1. The molecule has 3 aromatic rings. The molecule has 7 nitrogen and oxygen atoms in total. The molecule has 0 aliphatic carbocycles. The van der Waals surface area contributed by atoms with E-state index in [1.54, 1.807) is 11.3 Å². The number of carbonyl (C=O) groups excluding carboxylic acids is 1. The summed E-state index contributed by atoms with van der Waals surface area (Å²) < 4.78 is 6.93. The van der Waals surface area contributed by atoms with E-state index in [0.29, 0.717) is 6.54 Å². The largest absolute Gasteiger partial charge is 0.492 e. The van der Waals surface area contributed by atoms with Crippen LogP contribution < -0.4 is 15.6 Å². The van der Waals surface area contributed by atoms with Gasteiger partial charge in [0, 0.05) is 17.5 Å². The Morgan fingerprint density at radius 1 is 1.15 bits per heavy atom. The van der Waals surface area contributed by atoms with E-state index in [4.69, 9.17) is 4.74 Å². The molecule has 33 heavy (non-hydrogen) atoms. The Labute approximate surface area is 198 Å². The second-order valence-corrected chi connectivity index (χ2v) is 9.38. The first-order chi connectivity index (χ1) is 16.1. The first-order valence-corrected chi connectivity index (χ1v) is 12.3. The first kappa shape index (κ1) is 23.2. The van der Waals surface area contributed by atoms with Crippen molar-refractivity contribution in [1.82, 2.24) is 20.0 Å². The molecule has 0 spiro atoms. The van der Waals surface area contributed by atoms with Crippen LogP contribution in [0, 0.1) is 5.92 Å². The van der Waals surface area contributed by atoms with Crippen molar-refractivity contribution in [2.75, 3.05) is 26.2 Å². The second kappa shape index (κ2) is 11.2. The highest BCUT2D eigenvalue weighted by Crippen LogP contribution is 2.29. The maximum Gasteiger partial charge on any atom is 0.271 e. The third kappa shape index (κ3) is 6.30. The van der Waals surface area contributed by atoms with Gasteiger partial charge in [-0.25, -0.2) is 4.68 Å². The molecule has 0 saturated carbocycles. The molecule has 1 N–H and O–H groups in total. The number of benzene rings is 1. The number of likely N-dealkylation sites (tertiary alicyclic amines) is 1. The zero-order valence-electron chi connectivity index (χ0n) is 18.9. The van der Waals surface area contributed by atoms with Crippen LogP contribution in [0.2, 0.25) is 0 Å². The van der Waals surface area contributed by atoms with Crippen LogP contribution in [0.3, 0.4) is 0 Å². The summed E-state index contributed by atoms with van der Waals surface area (Å²) in [5, 5.41) is 9.38. The molecular weight excluding hydrogens is 436 g/mol. The summed E-state index contributed by atoms with van der Waals surface area (Å²) in [5.74, 6) is 1.20. The highest BCUT2D eigenvalue weighted by molar-refractivity contribution is 7.10. The van der Waals surface area contributed by atoms with E-state index in [-0.39, 0.29) is 36.4 Å². The molecule has 4 rings (SSSR count). The molecule has 0 radical (unpaired) electrons. The number of piperidine rings is 1. The lowest BCUT2D eigenvalue weighted by molar-refractivity contribution is 0.0907. The van der Waals surface area contributed by atoms with Crippen LogP contribution in [-0.2, 0) is 6.54 Å². The van der Waals surface area contributed by atoms with Gasteiger partial charge < -0.3 is 10.1 Å². The summed E-state index contributed by atoms with van der Waals surface area (Å²) in [6.45, 7) is 5.42. The van der Waals surface area contributed by atoms with Crippen molar-refractivity contribution in [2.45, 2.75) is 32.4 Å². The number of nitrogens with zero attached hydrogens (tertiary/aromatic N) is 3. The fraction of sp³-hybridized carbons (Fsp3) is 0.400. The minimum atomic E-state index is -0.278. The van der Waals surface area contributed by atoms with Gasteiger partial charge in [0.2, 0.25) is 0 Å². The molecule has 8 heteroatoms. The Morgan fingerprint density at radius 2 is 1.94 bits per heavy atom. The third-order valence-electron chi connectivity index (χ3n) is 6.00. The summed E-state index contributed by atoms with van der Waals surface area (Å²) >= 11 is 1.72. The van der Waals surface area contributed by atoms with E-state index >= 15 is 0 Å². The average molecular weight is 467 g/mol. The van der Waals surface area contributed by atoms with Gasteiger partial charge in [-0.3, -0.25) is 14.5 Å². The van der Waals surface area contributed by atoms with Crippen LogP contribution in [0.1, 0.15) is 41.2 Å². The van der Waals surface area contributed by atoms with Gasteiger partial charge in [-0.05, 0) is 61.5 Å². The first-order valence-electron chi connectivity index (χ1n) is 11.4. The summed E-state index contributed by atoms with van der Waals surface area (Å²) in [6.07, 6.45) is 2.35. The molecular formula is C25H30N4O3S. The van der Waals surface area contributed by atoms with Gasteiger partial charge in [-0.15, -0.1) is 11.3 Å². The van der Waals surface area contributed by atoms with Crippen molar-refractivity contribution in [2.24, 2.45) is 5.92 Å². The molecule has 2 aromatic heterocycles. The lowest BCUT2D eigenvalue weighted by atomic mass is 9.97. The monoisotopic (exact) mass is 466 g/mol. The number of hydrogen-bond acceptors (Lipinski definition) is 6. The lowest BCUT2D eigenvalue weighted by Crippen LogP contribution is -2.42. The number of amides is 1. The molecule has 1 unspecified atom stereocenters. The summed E-state index contributed by atoms with van der Waals surface area (Å²) in [7, 11) is 0. The van der Waals surface area contributed by atoms with Gasteiger partial charge in [0.05, 0.1) is 12.6 Å². The van der Waals surface area contributed by atoms with Crippen LogP contribution in [0.4, 0.5) is 0 Å². The second-order valence-electron chi connectivity index (χ2n) is 8.40. The maximum atomic E-state index is 12.9. The standard InChI is InChI=1S/C25H30N4O3S/c1-19-11-13-28(14-12-19)22(23-8-5-17-33-23)18-26-25(31)21-9-10-24(30)29(27-21)15-16-32-20-6-3-2-4-7-20/h2-10,17,19,22H,11-16,18H2,1H3,(H,26,31). The van der Waals surface area contributed by atoms with Gasteiger partial charge in [0.15, 0.2) is 0 Å². The van der Waals surface area contributed by atoms with Gasteiger partial charge in [0.25, 0.3) is 11.5 Å². The Hall–Kier alpha value is -2.97. The minimum absolute atomic E-state index is 0.145. The maximum absolute atomic E-state index is 12.9. The smallest absolute Gasteiger partial charge is 0.271 e. The van der Waals surface area contributed by atoms with Gasteiger partial charge >= 0.3 is 0 Å². The highest BCUT2D eigenvalue weighted by Gasteiger charge is 2.26. The zero-order valence-corrected chi connectivity index (χ0v) is 19.7. The van der Waals surface area contributed by atoms with Crippen LogP contribution in [0.25, 0.3) is 0 Å². The predicted octanol–water partition coefficient (Wildman–Crippen LogP) is 3.59. The molecule has 1 fully saturated rings. The molecule has 1 amide bonds. The van der Waals surface area contributed by atoms with E-state index in [0.717, 1.165) is 24.8 Å². The van der Waals surface area contributed by atoms with Gasteiger partial charge in [0.1, 0.15) is 18.1 Å². The fourth-order valence-corrected chi connectivity index (χ4v) is 4.87. The molecule has 0 bridgehead atoms. The summed E-state index contributed by atoms with van der Waals surface area (Å²) in [5.41, 5.74) is -0.0337. The Morgan fingerprint density at radius 3 is 2.67 bits per heavy atom. The molecule has 3 heterocycles. The number of carbonyl (C=O) groups is 1. The summed E-state index contributed by atoms with van der Waals surface area (Å²) in [6, 6.07) is 16.6. The van der Waals surface area contributed by atoms with Crippen LogP contribution in [-0.4, -0.2) is 46.8 Å². The number of hydrogen-bond donors (Lipinski definition) is 1. The zero-order chi connectivity index (χ0) is 23.0. The topological polar surface area (TPSA) is 76.5 Å². The lowest BCUT2D eigenvalue weighted by Gasteiger charge is -2.36. The van der Waals surface area contributed by atoms with E-state index in [2.05, 4.69) is 39.8 Å². The predicted molar refractivity (Wildman–Crippen MR) is 130 cm³/mol. The Bertz CT molecular complexity index is 1080. The molecule has 174 valence electrons. The van der Waals surface area contributed by atoms with E-state index in [1.165, 1.54) is 34.5 Å². The normalized spacial score (nSPS) is 15.8. The molecule has 1 aliphatic heterocycles. The average Bonchev–Trinajstić information content (AvgIpc) is 3.37. The van der Waals surface area contributed by atoms with E-state index in [1.807, 2.05) is 30.3 Å². The van der Waals surface area contributed by atoms with Crippen molar-refractivity contribution in [3.05, 3.63) is 80.9 Å². The number of para-hydroxylation sites is 1. The number of aromatic nitrogens is 2. The van der Waals surface area contributed by atoms with Crippen molar-refractivity contribution in [1.29, 1.82) is 0 Å². The Balaban J connectivity index is 1.37. The third-order valence-corrected chi connectivity index (χ3v) is 6.97. The van der Waals surface area contributed by atoms with E-state index < -0.39 is 0 Å². The molecule has 1 atom stereocenters. The van der Waals surface area contributed by atoms with Crippen LogP contribution >= 0.6 is 11.3 Å². The van der Waals surface area contributed by atoms with Gasteiger partial charge in [-0.1, -0.05) is 31.2 Å². The fourth-order valence-electron chi connectivity index (χ4n) is 4.01. The SMILES string of the molecule is CC1CCN(C(CNC(=O)c2ccc(=O)n(CCOc3ccccc3)n2)c2cccs2)CC1. The summed E-state index contributed by atoms with van der Waals surface area (Å²) in [4.78, 5) is 28.8. The van der Waals surface area contributed by atoms with Crippen LogP contribution in [0.5, 0.6) is 5.75 Å². The van der Waals surface area contributed by atoms with Gasteiger partial charge in [-0.2, -0.15) is 5.10 Å². The van der Waals surface area contributed by atoms with Crippen LogP contribution in [0.15, 0.2) is 64.8 Å². The number of rotatable bonds is 9. The van der Waals surface area contributed by atoms with Crippen molar-refractivity contribution in [3.63, 3.8) is 0 Å². The van der Waals surface area contributed by atoms with E-state index in [9.17, 15) is 9.59 Å². The number of thiophene rings is 1. The minimum Gasteiger partial charge on any atom is -0.492 e. The van der Waals surface area contributed by atoms with Crippen molar-refractivity contribution >= 4 is 17.2 Å². The van der Waals surface area contributed by atoms with Crippen molar-refractivity contribution < 1.29 is 9.53 Å². The molecule has 1 aliphatic rings.